The molecule has 0 aliphatic rings. The first kappa shape index (κ1) is 16.9. The number of ether oxygens (including phenoxy) is 1. The van der Waals surface area contributed by atoms with Gasteiger partial charge in [-0.25, -0.2) is 0 Å². The maximum Gasteiger partial charge on any atom is 0.306 e. The maximum atomic E-state index is 11.7. The molecule has 0 fully saturated rings. The van der Waals surface area contributed by atoms with Crippen LogP contribution in [0.15, 0.2) is 0 Å². The summed E-state index contributed by atoms with van der Waals surface area (Å²) in [5, 5.41) is 0. The van der Waals surface area contributed by atoms with Crippen molar-refractivity contribution in [1.29, 1.82) is 0 Å². The van der Waals surface area contributed by atoms with Gasteiger partial charge in [0.05, 0.1) is 13.5 Å². The first-order valence-electron chi connectivity index (χ1n) is 6.58. The molecular formula is C13H26N2O3. The fourth-order valence-corrected chi connectivity index (χ4v) is 1.73. The van der Waals surface area contributed by atoms with Gasteiger partial charge in [-0.15, -0.1) is 0 Å². The molecule has 5 heteroatoms. The van der Waals surface area contributed by atoms with Gasteiger partial charge in [0.15, 0.2) is 0 Å². The summed E-state index contributed by atoms with van der Waals surface area (Å²) in [6.07, 6.45) is 1.80. The first-order chi connectivity index (χ1) is 8.54. The highest BCUT2D eigenvalue weighted by molar-refractivity contribution is 5.76. The third-order valence-electron chi connectivity index (χ3n) is 2.97. The highest BCUT2D eigenvalue weighted by Gasteiger charge is 2.10. The van der Waals surface area contributed by atoms with Gasteiger partial charge in [-0.3, -0.25) is 9.59 Å². The number of carbonyl (C=O) groups excluding carboxylic acids is 2. The minimum atomic E-state index is -0.193. The third-order valence-corrected chi connectivity index (χ3v) is 2.97. The second-order valence-electron chi connectivity index (χ2n) is 4.30. The summed E-state index contributed by atoms with van der Waals surface area (Å²) in [5.74, 6) is 0.0161. The molecule has 5 nitrogen and oxygen atoms in total. The van der Waals surface area contributed by atoms with Crippen LogP contribution in [0.2, 0.25) is 0 Å². The Morgan fingerprint density at radius 1 is 1.06 bits per heavy atom. The average molecular weight is 258 g/mol. The van der Waals surface area contributed by atoms with Crippen molar-refractivity contribution in [1.82, 2.24) is 9.80 Å². The summed E-state index contributed by atoms with van der Waals surface area (Å²) < 4.78 is 4.58. The van der Waals surface area contributed by atoms with E-state index in [1.165, 1.54) is 7.11 Å². The van der Waals surface area contributed by atoms with Gasteiger partial charge >= 0.3 is 5.97 Å². The Labute approximate surface area is 110 Å². The molecule has 0 aliphatic heterocycles. The number of rotatable bonds is 9. The molecule has 0 aliphatic carbocycles. The van der Waals surface area contributed by atoms with E-state index in [2.05, 4.69) is 4.74 Å². The van der Waals surface area contributed by atoms with E-state index in [-0.39, 0.29) is 11.9 Å². The number of hydrogen-bond donors (Lipinski definition) is 0. The van der Waals surface area contributed by atoms with Crippen molar-refractivity contribution in [2.75, 3.05) is 40.3 Å². The lowest BCUT2D eigenvalue weighted by atomic mass is 10.2. The van der Waals surface area contributed by atoms with Crippen LogP contribution in [0.3, 0.4) is 0 Å². The van der Waals surface area contributed by atoms with Crippen LogP contribution < -0.4 is 0 Å². The fraction of sp³-hybridized carbons (Fsp3) is 0.846. The normalized spacial score (nSPS) is 10.5. The number of esters is 1. The van der Waals surface area contributed by atoms with Crippen molar-refractivity contribution in [3.05, 3.63) is 0 Å². The van der Waals surface area contributed by atoms with Gasteiger partial charge in [0, 0.05) is 26.1 Å². The highest BCUT2D eigenvalue weighted by Crippen LogP contribution is 2.00. The van der Waals surface area contributed by atoms with Gasteiger partial charge in [0.1, 0.15) is 0 Å². The Morgan fingerprint density at radius 3 is 2.17 bits per heavy atom. The molecule has 0 aromatic carbocycles. The minimum absolute atomic E-state index is 0.193. The van der Waals surface area contributed by atoms with E-state index >= 15 is 0 Å². The van der Waals surface area contributed by atoms with Crippen LogP contribution >= 0.6 is 0 Å². The molecule has 1 amide bonds. The summed E-state index contributed by atoms with van der Waals surface area (Å²) in [6.45, 7) is 7.02. The van der Waals surface area contributed by atoms with Crippen molar-refractivity contribution in [2.24, 2.45) is 0 Å². The van der Waals surface area contributed by atoms with Gasteiger partial charge in [0.25, 0.3) is 0 Å². The molecule has 0 radical (unpaired) electrons. The molecule has 0 heterocycles. The van der Waals surface area contributed by atoms with Gasteiger partial charge in [-0.1, -0.05) is 0 Å². The van der Waals surface area contributed by atoms with Crippen molar-refractivity contribution in [3.63, 3.8) is 0 Å². The molecule has 0 saturated carbocycles. The second-order valence-corrected chi connectivity index (χ2v) is 4.30. The Bertz CT molecular complexity index is 253. The Balaban J connectivity index is 3.70. The van der Waals surface area contributed by atoms with Crippen LogP contribution in [0.1, 0.15) is 33.1 Å². The number of nitrogens with zero attached hydrogens (tertiary/aromatic N) is 2. The zero-order chi connectivity index (χ0) is 14.0. The predicted octanol–water partition coefficient (Wildman–Crippen LogP) is 1.13. The van der Waals surface area contributed by atoms with Crippen LogP contribution in [0.4, 0.5) is 0 Å². The van der Waals surface area contributed by atoms with Crippen molar-refractivity contribution in [3.8, 4) is 0 Å². The standard InChI is InChI=1S/C13H26N2O3/c1-5-15(6-2)12(16)8-7-10-14(3)11-9-13(17)18-4/h5-11H2,1-4H3. The van der Waals surface area contributed by atoms with E-state index in [0.717, 1.165) is 26.1 Å². The maximum absolute atomic E-state index is 11.7. The molecule has 0 spiro atoms. The van der Waals surface area contributed by atoms with E-state index in [1.54, 1.807) is 0 Å². The number of hydrogen-bond acceptors (Lipinski definition) is 4. The zero-order valence-corrected chi connectivity index (χ0v) is 12.1. The largest absolute Gasteiger partial charge is 0.469 e. The zero-order valence-electron chi connectivity index (χ0n) is 12.1. The molecule has 0 bridgehead atoms. The quantitative estimate of drug-likeness (QED) is 0.582. The lowest BCUT2D eigenvalue weighted by molar-refractivity contribution is -0.141. The van der Waals surface area contributed by atoms with Crippen LogP contribution in [0.5, 0.6) is 0 Å². The van der Waals surface area contributed by atoms with Gasteiger partial charge in [0.2, 0.25) is 5.91 Å². The summed E-state index contributed by atoms with van der Waals surface area (Å²) in [7, 11) is 3.34. The molecule has 0 unspecified atom stereocenters. The molecular weight excluding hydrogens is 232 g/mol. The first-order valence-corrected chi connectivity index (χ1v) is 6.58. The van der Waals surface area contributed by atoms with Gasteiger partial charge in [-0.2, -0.15) is 0 Å². The average Bonchev–Trinajstić information content (AvgIpc) is 2.37. The second kappa shape index (κ2) is 9.88. The van der Waals surface area contributed by atoms with Crippen LogP contribution in [0, 0.1) is 0 Å². The lowest BCUT2D eigenvalue weighted by Gasteiger charge is -2.20. The van der Waals surface area contributed by atoms with Crippen LogP contribution in [-0.4, -0.2) is 62.0 Å². The molecule has 18 heavy (non-hydrogen) atoms. The summed E-state index contributed by atoms with van der Waals surface area (Å²) >= 11 is 0. The van der Waals surface area contributed by atoms with E-state index in [9.17, 15) is 9.59 Å². The van der Waals surface area contributed by atoms with E-state index < -0.39 is 0 Å². The lowest BCUT2D eigenvalue weighted by Crippen LogP contribution is -2.31. The predicted molar refractivity (Wildman–Crippen MR) is 71.3 cm³/mol. The summed E-state index contributed by atoms with van der Waals surface area (Å²) in [4.78, 5) is 26.6. The molecule has 0 saturated heterocycles. The van der Waals surface area contributed by atoms with Crippen LogP contribution in [-0.2, 0) is 14.3 Å². The van der Waals surface area contributed by atoms with Crippen molar-refractivity contribution < 1.29 is 14.3 Å². The van der Waals surface area contributed by atoms with Crippen LogP contribution in [0.25, 0.3) is 0 Å². The monoisotopic (exact) mass is 258 g/mol. The topological polar surface area (TPSA) is 49.9 Å². The molecule has 0 atom stereocenters. The van der Waals surface area contributed by atoms with Crippen molar-refractivity contribution >= 4 is 11.9 Å². The van der Waals surface area contributed by atoms with Crippen molar-refractivity contribution in [2.45, 2.75) is 33.1 Å². The number of carbonyl (C=O) groups is 2. The molecule has 0 aromatic heterocycles. The molecule has 0 aromatic rings. The smallest absolute Gasteiger partial charge is 0.306 e. The van der Waals surface area contributed by atoms with Gasteiger partial charge < -0.3 is 14.5 Å². The Morgan fingerprint density at radius 2 is 1.67 bits per heavy atom. The van der Waals surface area contributed by atoms with E-state index in [1.807, 2.05) is 30.7 Å². The number of methoxy groups -OCH3 is 1. The minimum Gasteiger partial charge on any atom is -0.469 e. The highest BCUT2D eigenvalue weighted by atomic mass is 16.5. The molecule has 0 N–H and O–H groups in total. The van der Waals surface area contributed by atoms with Gasteiger partial charge in [-0.05, 0) is 33.9 Å². The molecule has 0 rings (SSSR count). The Kier molecular flexibility index (Phi) is 9.28. The third kappa shape index (κ3) is 7.27. The van der Waals surface area contributed by atoms with E-state index in [0.29, 0.717) is 19.4 Å². The van der Waals surface area contributed by atoms with E-state index in [4.69, 9.17) is 0 Å². The number of amides is 1. The Hall–Kier alpha value is -1.10. The fourth-order valence-electron chi connectivity index (χ4n) is 1.73. The molecule has 106 valence electrons. The SMILES string of the molecule is CCN(CC)C(=O)CCCN(C)CCC(=O)OC. The summed E-state index contributed by atoms with van der Waals surface area (Å²) in [6, 6.07) is 0. The summed E-state index contributed by atoms with van der Waals surface area (Å²) in [5.41, 5.74) is 0.